The van der Waals surface area contributed by atoms with Crippen molar-refractivity contribution in [2.24, 2.45) is 0 Å². The zero-order valence-electron chi connectivity index (χ0n) is 25.7. The van der Waals surface area contributed by atoms with Crippen molar-refractivity contribution in [3.8, 4) is 5.75 Å². The number of rotatable bonds is 13. The van der Waals surface area contributed by atoms with Crippen LogP contribution in [0.15, 0.2) is 77.7 Å². The van der Waals surface area contributed by atoms with Crippen LogP contribution in [0.4, 0.5) is 10.1 Å². The van der Waals surface area contributed by atoms with Gasteiger partial charge in [0, 0.05) is 12.6 Å². The van der Waals surface area contributed by atoms with Gasteiger partial charge in [0.05, 0.1) is 17.2 Å². The van der Waals surface area contributed by atoms with Gasteiger partial charge in [-0.1, -0.05) is 56.0 Å². The molecule has 0 radical (unpaired) electrons. The van der Waals surface area contributed by atoms with E-state index in [1.807, 2.05) is 45.0 Å². The number of amides is 2. The first-order valence-corrected chi connectivity index (χ1v) is 16.7. The lowest BCUT2D eigenvalue weighted by Gasteiger charge is -2.34. The Hall–Kier alpha value is -3.92. The standard InChI is InChI=1S/C34H42FN3O5S/c1-4-32(34(40)36-28-12-7-6-8-13-28)37(23-26-11-9-10-25(3)22-26)33(39)24-38(29-16-14-27(35)15-17-29)44(41,42)31-20-18-30(19-21-31)43-5-2/h9-11,14-22,28,32H,4-8,12-13,23-24H2,1-3H3,(H,36,40)/t32-/m0/s1. The highest BCUT2D eigenvalue weighted by molar-refractivity contribution is 7.92. The minimum atomic E-state index is -4.27. The van der Waals surface area contributed by atoms with E-state index in [0.29, 0.717) is 18.8 Å². The van der Waals surface area contributed by atoms with Gasteiger partial charge in [-0.05, 0) is 87.2 Å². The molecule has 0 unspecified atom stereocenters. The van der Waals surface area contributed by atoms with E-state index in [0.717, 1.165) is 59.7 Å². The molecule has 4 rings (SSSR count). The first kappa shape index (κ1) is 33.0. The van der Waals surface area contributed by atoms with Crippen LogP contribution >= 0.6 is 0 Å². The van der Waals surface area contributed by atoms with Crippen LogP contribution in [0.5, 0.6) is 5.75 Å². The highest BCUT2D eigenvalue weighted by Gasteiger charge is 2.34. The summed E-state index contributed by atoms with van der Waals surface area (Å²) >= 11 is 0. The molecule has 0 aliphatic heterocycles. The summed E-state index contributed by atoms with van der Waals surface area (Å²) in [5.74, 6) is -0.820. The van der Waals surface area contributed by atoms with Crippen molar-refractivity contribution in [1.29, 1.82) is 0 Å². The molecule has 1 atom stereocenters. The lowest BCUT2D eigenvalue weighted by atomic mass is 9.95. The van der Waals surface area contributed by atoms with E-state index in [4.69, 9.17) is 4.74 Å². The van der Waals surface area contributed by atoms with Gasteiger partial charge >= 0.3 is 0 Å². The van der Waals surface area contributed by atoms with Gasteiger partial charge < -0.3 is 15.0 Å². The lowest BCUT2D eigenvalue weighted by Crippen LogP contribution is -2.54. The molecule has 1 aliphatic carbocycles. The summed E-state index contributed by atoms with van der Waals surface area (Å²) in [5.41, 5.74) is 1.95. The summed E-state index contributed by atoms with van der Waals surface area (Å²) < 4.78 is 48.4. The van der Waals surface area contributed by atoms with E-state index in [9.17, 15) is 22.4 Å². The van der Waals surface area contributed by atoms with E-state index in [-0.39, 0.29) is 29.1 Å². The maximum Gasteiger partial charge on any atom is 0.264 e. The Balaban J connectivity index is 1.70. The number of hydrogen-bond donors (Lipinski definition) is 1. The highest BCUT2D eigenvalue weighted by Crippen LogP contribution is 2.27. The monoisotopic (exact) mass is 623 g/mol. The van der Waals surface area contributed by atoms with Crippen molar-refractivity contribution >= 4 is 27.5 Å². The minimum Gasteiger partial charge on any atom is -0.494 e. The maximum atomic E-state index is 14.2. The Labute approximate surface area is 260 Å². The molecule has 0 saturated heterocycles. The summed E-state index contributed by atoms with van der Waals surface area (Å²) in [5, 5.41) is 3.15. The molecular weight excluding hydrogens is 581 g/mol. The third-order valence-electron chi connectivity index (χ3n) is 7.89. The number of halogens is 1. The van der Waals surface area contributed by atoms with Crippen LogP contribution in [0.2, 0.25) is 0 Å². The number of hydrogen-bond acceptors (Lipinski definition) is 5. The molecule has 236 valence electrons. The molecule has 1 saturated carbocycles. The van der Waals surface area contributed by atoms with E-state index in [1.54, 1.807) is 12.1 Å². The number of carbonyl (C=O) groups excluding carboxylic acids is 2. The van der Waals surface area contributed by atoms with Gasteiger partial charge in [0.1, 0.15) is 24.2 Å². The van der Waals surface area contributed by atoms with Crippen LogP contribution in [0.3, 0.4) is 0 Å². The van der Waals surface area contributed by atoms with Crippen LogP contribution in [-0.4, -0.2) is 50.4 Å². The normalized spacial score (nSPS) is 14.5. The first-order valence-electron chi connectivity index (χ1n) is 15.3. The van der Waals surface area contributed by atoms with Crippen LogP contribution in [0, 0.1) is 12.7 Å². The number of carbonyl (C=O) groups is 2. The second-order valence-corrected chi connectivity index (χ2v) is 13.0. The van der Waals surface area contributed by atoms with Crippen molar-refractivity contribution in [3.63, 3.8) is 0 Å². The molecular formula is C34H42FN3O5S. The van der Waals surface area contributed by atoms with Gasteiger partial charge in [0.25, 0.3) is 10.0 Å². The topological polar surface area (TPSA) is 96.0 Å². The summed E-state index contributed by atoms with van der Waals surface area (Å²) in [4.78, 5) is 29.3. The Morgan fingerprint density at radius 3 is 2.27 bits per heavy atom. The summed E-state index contributed by atoms with van der Waals surface area (Å²) in [6.45, 7) is 5.58. The third kappa shape index (κ3) is 8.37. The summed E-state index contributed by atoms with van der Waals surface area (Å²) in [6, 6.07) is 17.8. The van der Waals surface area contributed by atoms with Gasteiger partial charge in [0.15, 0.2) is 0 Å². The quantitative estimate of drug-likeness (QED) is 0.253. The Kier molecular flexibility index (Phi) is 11.4. The average Bonchev–Trinajstić information content (AvgIpc) is 3.01. The molecule has 0 aromatic heterocycles. The van der Waals surface area contributed by atoms with Crippen molar-refractivity contribution < 1.29 is 27.1 Å². The summed E-state index contributed by atoms with van der Waals surface area (Å²) in [7, 11) is -4.27. The highest BCUT2D eigenvalue weighted by atomic mass is 32.2. The fourth-order valence-corrected chi connectivity index (χ4v) is 7.02. The van der Waals surface area contributed by atoms with Crippen LogP contribution in [0.1, 0.15) is 63.5 Å². The predicted molar refractivity (Wildman–Crippen MR) is 169 cm³/mol. The van der Waals surface area contributed by atoms with E-state index < -0.39 is 34.3 Å². The Bertz CT molecular complexity index is 1510. The number of anilines is 1. The molecule has 1 fully saturated rings. The van der Waals surface area contributed by atoms with Crippen LogP contribution in [0.25, 0.3) is 0 Å². The number of sulfonamides is 1. The van der Waals surface area contributed by atoms with Gasteiger partial charge in [-0.25, -0.2) is 12.8 Å². The van der Waals surface area contributed by atoms with Gasteiger partial charge in [-0.3, -0.25) is 13.9 Å². The lowest BCUT2D eigenvalue weighted by molar-refractivity contribution is -0.140. The minimum absolute atomic E-state index is 0.0506. The van der Waals surface area contributed by atoms with Crippen molar-refractivity contribution in [2.45, 2.75) is 82.8 Å². The molecule has 0 spiro atoms. The largest absolute Gasteiger partial charge is 0.494 e. The van der Waals surface area contributed by atoms with Gasteiger partial charge in [-0.2, -0.15) is 0 Å². The molecule has 3 aromatic rings. The fraction of sp³-hybridized carbons (Fsp3) is 0.412. The molecule has 0 bridgehead atoms. The second-order valence-electron chi connectivity index (χ2n) is 11.2. The first-order chi connectivity index (χ1) is 21.1. The van der Waals surface area contributed by atoms with Crippen LogP contribution < -0.4 is 14.4 Å². The SMILES string of the molecule is CCOc1ccc(S(=O)(=O)N(CC(=O)N(Cc2cccc(C)c2)[C@@H](CC)C(=O)NC2CCCCC2)c2ccc(F)cc2)cc1. The van der Waals surface area contributed by atoms with Crippen molar-refractivity contribution in [2.75, 3.05) is 17.5 Å². The number of ether oxygens (including phenoxy) is 1. The van der Waals surface area contributed by atoms with Crippen LogP contribution in [-0.2, 0) is 26.2 Å². The number of nitrogens with zero attached hydrogens (tertiary/aromatic N) is 2. The van der Waals surface area contributed by atoms with E-state index in [2.05, 4.69) is 5.32 Å². The average molecular weight is 624 g/mol. The number of nitrogens with one attached hydrogen (secondary N) is 1. The smallest absolute Gasteiger partial charge is 0.264 e. The van der Waals surface area contributed by atoms with Crippen molar-refractivity contribution in [1.82, 2.24) is 10.2 Å². The van der Waals surface area contributed by atoms with Crippen molar-refractivity contribution in [3.05, 3.63) is 89.7 Å². The zero-order valence-corrected chi connectivity index (χ0v) is 26.5. The van der Waals surface area contributed by atoms with E-state index >= 15 is 0 Å². The molecule has 44 heavy (non-hydrogen) atoms. The second kappa shape index (κ2) is 15.2. The number of aryl methyl sites for hydroxylation is 1. The third-order valence-corrected chi connectivity index (χ3v) is 9.68. The van der Waals surface area contributed by atoms with Gasteiger partial charge in [0.2, 0.25) is 11.8 Å². The Morgan fingerprint density at radius 2 is 1.66 bits per heavy atom. The van der Waals surface area contributed by atoms with E-state index in [1.165, 1.54) is 29.2 Å². The van der Waals surface area contributed by atoms with Gasteiger partial charge in [-0.15, -0.1) is 0 Å². The molecule has 3 aromatic carbocycles. The molecule has 8 nitrogen and oxygen atoms in total. The number of benzene rings is 3. The molecule has 1 N–H and O–H groups in total. The molecule has 10 heteroatoms. The molecule has 0 heterocycles. The molecule has 1 aliphatic rings. The zero-order chi connectivity index (χ0) is 31.7. The summed E-state index contributed by atoms with van der Waals surface area (Å²) in [6.07, 6.45) is 5.37. The predicted octanol–water partition coefficient (Wildman–Crippen LogP) is 5.98. The fourth-order valence-electron chi connectivity index (χ4n) is 5.61. The molecule has 2 amide bonds. The Morgan fingerprint density at radius 1 is 0.977 bits per heavy atom. The maximum absolute atomic E-state index is 14.2.